The van der Waals surface area contributed by atoms with Crippen molar-refractivity contribution >= 4 is 11.6 Å². The predicted molar refractivity (Wildman–Crippen MR) is 91.2 cm³/mol. The van der Waals surface area contributed by atoms with Gasteiger partial charge in [0.15, 0.2) is 0 Å². The molecule has 0 amide bonds. The summed E-state index contributed by atoms with van der Waals surface area (Å²) in [5, 5.41) is 16.7. The number of aliphatic hydroxyl groups is 1. The second-order valence-corrected chi connectivity index (χ2v) is 8.14. The monoisotopic (exact) mass is 333 g/mol. The summed E-state index contributed by atoms with van der Waals surface area (Å²) in [6, 6.07) is 7.93. The fourth-order valence-electron chi connectivity index (χ4n) is 4.06. The molecule has 1 N–H and O–H groups in total. The van der Waals surface area contributed by atoms with E-state index in [1.54, 1.807) is 11.0 Å². The van der Waals surface area contributed by atoms with Crippen molar-refractivity contribution in [1.29, 1.82) is 0 Å². The molecule has 1 aliphatic rings. The van der Waals surface area contributed by atoms with E-state index in [2.05, 4.69) is 43.0 Å². The standard InChI is InChI=1S/C18H24ClN3O/c1-16(2)8-9-17(3,10-14-4-6-15(19)7-5-14)18(16,23)11-22-13-20-12-21-22/h4-7,12-13,23H,8-11H2,1-3H3. The third-order valence-electron chi connectivity index (χ3n) is 5.78. The molecule has 0 bridgehead atoms. The van der Waals surface area contributed by atoms with Gasteiger partial charge in [-0.2, -0.15) is 5.10 Å². The van der Waals surface area contributed by atoms with Crippen LogP contribution in [0.15, 0.2) is 36.9 Å². The minimum Gasteiger partial charge on any atom is -0.387 e. The van der Waals surface area contributed by atoms with Crippen molar-refractivity contribution in [3.05, 3.63) is 47.5 Å². The molecule has 1 aromatic heterocycles. The number of nitrogens with zero attached hydrogens (tertiary/aromatic N) is 3. The molecule has 0 spiro atoms. The molecule has 1 fully saturated rings. The van der Waals surface area contributed by atoms with Gasteiger partial charge in [0.1, 0.15) is 12.7 Å². The maximum absolute atomic E-state index is 11.7. The number of aromatic nitrogens is 3. The first-order valence-corrected chi connectivity index (χ1v) is 8.43. The molecular formula is C18H24ClN3O. The minimum absolute atomic E-state index is 0.180. The van der Waals surface area contributed by atoms with Gasteiger partial charge in [0.2, 0.25) is 0 Å². The molecule has 2 atom stereocenters. The van der Waals surface area contributed by atoms with Crippen LogP contribution in [0.1, 0.15) is 39.2 Å². The molecule has 1 saturated carbocycles. The van der Waals surface area contributed by atoms with Crippen LogP contribution in [0.25, 0.3) is 0 Å². The minimum atomic E-state index is -0.854. The number of rotatable bonds is 4. The fraction of sp³-hybridized carbons (Fsp3) is 0.556. The van der Waals surface area contributed by atoms with Crippen molar-refractivity contribution in [3.63, 3.8) is 0 Å². The predicted octanol–water partition coefficient (Wildman–Crippen LogP) is 3.73. The van der Waals surface area contributed by atoms with E-state index in [4.69, 9.17) is 11.6 Å². The van der Waals surface area contributed by atoms with E-state index in [9.17, 15) is 5.11 Å². The lowest BCUT2D eigenvalue weighted by atomic mass is 9.64. The number of hydrogen-bond acceptors (Lipinski definition) is 3. The van der Waals surface area contributed by atoms with Gasteiger partial charge in [-0.3, -0.25) is 4.68 Å². The van der Waals surface area contributed by atoms with E-state index in [-0.39, 0.29) is 10.8 Å². The van der Waals surface area contributed by atoms with Crippen LogP contribution in [0, 0.1) is 10.8 Å². The zero-order valence-electron chi connectivity index (χ0n) is 14.0. The Morgan fingerprint density at radius 3 is 2.48 bits per heavy atom. The Bertz CT molecular complexity index is 668. The van der Waals surface area contributed by atoms with E-state index < -0.39 is 5.60 Å². The quantitative estimate of drug-likeness (QED) is 0.927. The second kappa shape index (κ2) is 5.60. The summed E-state index contributed by atoms with van der Waals surface area (Å²) in [6.07, 6.45) is 5.98. The lowest BCUT2D eigenvalue weighted by molar-refractivity contribution is -0.130. The zero-order valence-corrected chi connectivity index (χ0v) is 14.7. The zero-order chi connectivity index (χ0) is 16.7. The summed E-state index contributed by atoms with van der Waals surface area (Å²) in [4.78, 5) is 4.01. The topological polar surface area (TPSA) is 50.9 Å². The Morgan fingerprint density at radius 1 is 1.17 bits per heavy atom. The normalized spacial score (nSPS) is 29.8. The molecule has 0 aliphatic heterocycles. The molecule has 23 heavy (non-hydrogen) atoms. The van der Waals surface area contributed by atoms with Crippen molar-refractivity contribution in [2.45, 2.75) is 52.2 Å². The molecule has 5 heteroatoms. The average molecular weight is 334 g/mol. The molecular weight excluding hydrogens is 310 g/mol. The number of benzene rings is 1. The van der Waals surface area contributed by atoms with Crippen LogP contribution in [0.2, 0.25) is 5.02 Å². The van der Waals surface area contributed by atoms with E-state index in [1.165, 1.54) is 11.9 Å². The van der Waals surface area contributed by atoms with E-state index >= 15 is 0 Å². The molecule has 1 heterocycles. The molecule has 1 aromatic carbocycles. The Hall–Kier alpha value is -1.39. The third kappa shape index (κ3) is 2.79. The Kier molecular flexibility index (Phi) is 4.01. The van der Waals surface area contributed by atoms with Gasteiger partial charge in [0.25, 0.3) is 0 Å². The summed E-state index contributed by atoms with van der Waals surface area (Å²) in [5.74, 6) is 0. The number of halogens is 1. The molecule has 4 nitrogen and oxygen atoms in total. The van der Waals surface area contributed by atoms with Crippen LogP contribution in [-0.2, 0) is 13.0 Å². The molecule has 2 aromatic rings. The fourth-order valence-corrected chi connectivity index (χ4v) is 4.19. The van der Waals surface area contributed by atoms with Crippen LogP contribution in [0.5, 0.6) is 0 Å². The first-order valence-electron chi connectivity index (χ1n) is 8.05. The lowest BCUT2D eigenvalue weighted by Crippen LogP contribution is -2.54. The van der Waals surface area contributed by atoms with Gasteiger partial charge in [0, 0.05) is 10.4 Å². The van der Waals surface area contributed by atoms with E-state index in [0.29, 0.717) is 6.54 Å². The highest BCUT2D eigenvalue weighted by Gasteiger charge is 2.60. The maximum atomic E-state index is 11.7. The average Bonchev–Trinajstić information content (AvgIpc) is 3.05. The maximum Gasteiger partial charge on any atom is 0.137 e. The van der Waals surface area contributed by atoms with Gasteiger partial charge >= 0.3 is 0 Å². The third-order valence-corrected chi connectivity index (χ3v) is 6.04. The summed E-state index contributed by atoms with van der Waals surface area (Å²) in [5.41, 5.74) is -0.0596. The van der Waals surface area contributed by atoms with Gasteiger partial charge in [-0.05, 0) is 42.4 Å². The highest BCUT2D eigenvalue weighted by Crippen LogP contribution is 2.58. The lowest BCUT2D eigenvalue weighted by Gasteiger charge is -2.47. The van der Waals surface area contributed by atoms with Crippen LogP contribution >= 0.6 is 11.6 Å². The van der Waals surface area contributed by atoms with Crippen molar-refractivity contribution in [2.24, 2.45) is 10.8 Å². The van der Waals surface area contributed by atoms with Crippen LogP contribution in [0.3, 0.4) is 0 Å². The van der Waals surface area contributed by atoms with Crippen molar-refractivity contribution in [2.75, 3.05) is 0 Å². The molecule has 0 saturated heterocycles. The van der Waals surface area contributed by atoms with Crippen molar-refractivity contribution in [1.82, 2.24) is 14.8 Å². The van der Waals surface area contributed by atoms with Crippen LogP contribution in [0.4, 0.5) is 0 Å². The van der Waals surface area contributed by atoms with Crippen LogP contribution in [-0.4, -0.2) is 25.5 Å². The Balaban J connectivity index is 1.93. The number of hydrogen-bond donors (Lipinski definition) is 1. The summed E-state index contributed by atoms with van der Waals surface area (Å²) in [7, 11) is 0. The van der Waals surface area contributed by atoms with E-state index in [1.807, 2.05) is 12.1 Å². The molecule has 3 rings (SSSR count). The second-order valence-electron chi connectivity index (χ2n) is 7.70. The molecule has 0 radical (unpaired) electrons. The highest BCUT2D eigenvalue weighted by atomic mass is 35.5. The van der Waals surface area contributed by atoms with Crippen molar-refractivity contribution in [3.8, 4) is 0 Å². The first-order chi connectivity index (χ1) is 10.8. The van der Waals surface area contributed by atoms with E-state index in [0.717, 1.165) is 24.3 Å². The summed E-state index contributed by atoms with van der Waals surface area (Å²) < 4.78 is 1.74. The Morgan fingerprint density at radius 2 is 1.87 bits per heavy atom. The SMILES string of the molecule is CC1(C)CCC(C)(Cc2ccc(Cl)cc2)C1(O)Cn1cncn1. The Labute approximate surface area is 142 Å². The molecule has 124 valence electrons. The molecule has 2 unspecified atom stereocenters. The smallest absolute Gasteiger partial charge is 0.137 e. The largest absolute Gasteiger partial charge is 0.387 e. The van der Waals surface area contributed by atoms with Gasteiger partial charge in [-0.25, -0.2) is 4.98 Å². The van der Waals surface area contributed by atoms with Crippen molar-refractivity contribution < 1.29 is 5.11 Å². The van der Waals surface area contributed by atoms with Crippen LogP contribution < -0.4 is 0 Å². The summed E-state index contributed by atoms with van der Waals surface area (Å²) >= 11 is 5.99. The van der Waals surface area contributed by atoms with Gasteiger partial charge < -0.3 is 5.11 Å². The van der Waals surface area contributed by atoms with Gasteiger partial charge in [-0.15, -0.1) is 0 Å². The van der Waals surface area contributed by atoms with Gasteiger partial charge in [-0.1, -0.05) is 44.5 Å². The summed E-state index contributed by atoms with van der Waals surface area (Å²) in [6.45, 7) is 6.95. The highest BCUT2D eigenvalue weighted by molar-refractivity contribution is 6.30. The van der Waals surface area contributed by atoms with Gasteiger partial charge in [0.05, 0.1) is 12.1 Å². The molecule has 1 aliphatic carbocycles. The first kappa shape index (κ1) is 16.5.